The fourth-order valence-electron chi connectivity index (χ4n) is 2.80. The number of aromatic amines is 1. The number of hydrogen-bond donors (Lipinski definition) is 2. The van der Waals surface area contributed by atoms with Gasteiger partial charge >= 0.3 is 0 Å². The summed E-state index contributed by atoms with van der Waals surface area (Å²) in [6.07, 6.45) is 2.04. The summed E-state index contributed by atoms with van der Waals surface area (Å²) in [4.78, 5) is 30.2. The third kappa shape index (κ3) is 3.34. The summed E-state index contributed by atoms with van der Waals surface area (Å²) in [5.74, 6) is 1.33. The Labute approximate surface area is 139 Å². The number of carbonyl (C=O) groups excluding carboxylic acids is 2. The molecule has 124 valence electrons. The van der Waals surface area contributed by atoms with E-state index in [0.29, 0.717) is 24.3 Å². The molecular formula is C17H19N5O2. The van der Waals surface area contributed by atoms with Crippen molar-refractivity contribution in [2.24, 2.45) is 0 Å². The van der Waals surface area contributed by atoms with Gasteiger partial charge in [-0.15, -0.1) is 0 Å². The molecule has 0 bridgehead atoms. The number of rotatable bonds is 4. The van der Waals surface area contributed by atoms with Crippen LogP contribution in [0.4, 0.5) is 5.69 Å². The van der Waals surface area contributed by atoms with Crippen molar-refractivity contribution >= 4 is 17.5 Å². The Balaban J connectivity index is 1.69. The fraction of sp³-hybridized carbons (Fsp3) is 0.294. The Morgan fingerprint density at radius 3 is 3.00 bits per heavy atom. The first-order chi connectivity index (χ1) is 11.6. The number of anilines is 1. The van der Waals surface area contributed by atoms with Crippen molar-refractivity contribution in [3.05, 3.63) is 54.1 Å². The van der Waals surface area contributed by atoms with Gasteiger partial charge in [-0.3, -0.25) is 14.7 Å². The van der Waals surface area contributed by atoms with Crippen LogP contribution in [-0.4, -0.2) is 45.0 Å². The Bertz CT molecular complexity index is 783. The molecule has 1 aliphatic heterocycles. The van der Waals surface area contributed by atoms with Crippen molar-refractivity contribution in [2.45, 2.75) is 19.3 Å². The molecule has 2 amide bonds. The average molecular weight is 325 g/mol. The van der Waals surface area contributed by atoms with Gasteiger partial charge in [0.15, 0.2) is 5.82 Å². The van der Waals surface area contributed by atoms with Crippen molar-refractivity contribution in [3.8, 4) is 0 Å². The summed E-state index contributed by atoms with van der Waals surface area (Å²) in [7, 11) is 0. The summed E-state index contributed by atoms with van der Waals surface area (Å²) >= 11 is 0. The molecule has 1 saturated heterocycles. The third-order valence-electron chi connectivity index (χ3n) is 4.02. The average Bonchev–Trinajstić information content (AvgIpc) is 3.23. The zero-order valence-electron chi connectivity index (χ0n) is 13.5. The molecule has 1 aromatic carbocycles. The quantitative estimate of drug-likeness (QED) is 0.840. The molecule has 2 aromatic rings. The molecule has 2 heterocycles. The van der Waals surface area contributed by atoms with Gasteiger partial charge < -0.3 is 10.2 Å². The van der Waals surface area contributed by atoms with E-state index >= 15 is 0 Å². The van der Waals surface area contributed by atoms with Gasteiger partial charge in [0.25, 0.3) is 5.91 Å². The van der Waals surface area contributed by atoms with Crippen LogP contribution in [-0.2, 0) is 4.79 Å². The van der Waals surface area contributed by atoms with Crippen molar-refractivity contribution < 1.29 is 9.59 Å². The molecule has 0 spiro atoms. The first-order valence-electron chi connectivity index (χ1n) is 7.78. The van der Waals surface area contributed by atoms with Crippen LogP contribution in [0, 0.1) is 6.92 Å². The van der Waals surface area contributed by atoms with Crippen molar-refractivity contribution in [1.29, 1.82) is 0 Å². The second-order valence-electron chi connectivity index (χ2n) is 5.79. The predicted molar refractivity (Wildman–Crippen MR) is 89.6 cm³/mol. The number of likely N-dealkylation sites (tertiary alicyclic amines) is 1. The van der Waals surface area contributed by atoms with E-state index in [4.69, 9.17) is 0 Å². The highest BCUT2D eigenvalue weighted by Gasteiger charge is 2.30. The van der Waals surface area contributed by atoms with Crippen molar-refractivity contribution in [2.75, 3.05) is 18.4 Å². The molecule has 1 aliphatic rings. The highest BCUT2D eigenvalue weighted by Crippen LogP contribution is 2.26. The molecule has 24 heavy (non-hydrogen) atoms. The van der Waals surface area contributed by atoms with E-state index in [1.165, 1.54) is 6.08 Å². The minimum Gasteiger partial charge on any atom is -0.338 e. The molecule has 1 fully saturated rings. The van der Waals surface area contributed by atoms with Gasteiger partial charge in [0, 0.05) is 30.3 Å². The van der Waals surface area contributed by atoms with Gasteiger partial charge in [0.2, 0.25) is 5.91 Å². The zero-order chi connectivity index (χ0) is 17.1. The molecule has 0 saturated carbocycles. The topological polar surface area (TPSA) is 91.0 Å². The van der Waals surface area contributed by atoms with Crippen LogP contribution in [0.3, 0.4) is 0 Å². The molecule has 0 aliphatic carbocycles. The maximum absolute atomic E-state index is 12.7. The molecule has 7 heteroatoms. The zero-order valence-corrected chi connectivity index (χ0v) is 13.5. The lowest BCUT2D eigenvalue weighted by Gasteiger charge is -2.16. The predicted octanol–water partition coefficient (Wildman–Crippen LogP) is 1.87. The smallest absolute Gasteiger partial charge is 0.253 e. The van der Waals surface area contributed by atoms with E-state index in [-0.39, 0.29) is 17.7 Å². The maximum Gasteiger partial charge on any atom is 0.253 e. The number of carbonyl (C=O) groups is 2. The number of benzene rings is 1. The molecule has 3 rings (SSSR count). The fourth-order valence-corrected chi connectivity index (χ4v) is 2.80. The SMILES string of the molecule is C=CC(=O)Nc1cccc(C(=O)N2CCC(c3n[nH]c(C)n3)C2)c1. The lowest BCUT2D eigenvalue weighted by atomic mass is 10.1. The summed E-state index contributed by atoms with van der Waals surface area (Å²) in [5, 5.41) is 9.69. The van der Waals surface area contributed by atoms with Gasteiger partial charge in [-0.1, -0.05) is 12.6 Å². The molecule has 0 radical (unpaired) electrons. The molecule has 7 nitrogen and oxygen atoms in total. The Hall–Kier alpha value is -2.96. The number of nitrogens with zero attached hydrogens (tertiary/aromatic N) is 3. The van der Waals surface area contributed by atoms with Gasteiger partial charge in [-0.25, -0.2) is 4.98 Å². The van der Waals surface area contributed by atoms with Crippen LogP contribution in [0.25, 0.3) is 0 Å². The van der Waals surface area contributed by atoms with E-state index in [1.807, 2.05) is 6.92 Å². The first-order valence-corrected chi connectivity index (χ1v) is 7.78. The number of aromatic nitrogens is 3. The minimum absolute atomic E-state index is 0.0561. The van der Waals surface area contributed by atoms with Gasteiger partial charge in [-0.2, -0.15) is 5.10 Å². The molecular weight excluding hydrogens is 306 g/mol. The van der Waals surface area contributed by atoms with Gasteiger partial charge in [0.1, 0.15) is 5.82 Å². The lowest BCUT2D eigenvalue weighted by molar-refractivity contribution is -0.111. The van der Waals surface area contributed by atoms with Crippen LogP contribution in [0.1, 0.15) is 34.3 Å². The highest BCUT2D eigenvalue weighted by atomic mass is 16.2. The summed E-state index contributed by atoms with van der Waals surface area (Å²) in [6, 6.07) is 6.91. The van der Waals surface area contributed by atoms with Crippen molar-refractivity contribution in [1.82, 2.24) is 20.1 Å². The standard InChI is InChI=1S/C17H19N5O2/c1-3-15(23)19-14-6-4-5-12(9-14)17(24)22-8-7-13(10-22)16-18-11(2)20-21-16/h3-6,9,13H,1,7-8,10H2,2H3,(H,19,23)(H,18,20,21). The first kappa shape index (κ1) is 15.9. The van der Waals surface area contributed by atoms with Crippen LogP contribution in [0.15, 0.2) is 36.9 Å². The lowest BCUT2D eigenvalue weighted by Crippen LogP contribution is -2.28. The molecule has 1 aromatic heterocycles. The largest absolute Gasteiger partial charge is 0.338 e. The third-order valence-corrected chi connectivity index (χ3v) is 4.02. The Morgan fingerprint density at radius 2 is 2.29 bits per heavy atom. The summed E-state index contributed by atoms with van der Waals surface area (Å²) < 4.78 is 0. The van der Waals surface area contributed by atoms with E-state index in [9.17, 15) is 9.59 Å². The monoisotopic (exact) mass is 325 g/mol. The normalized spacial score (nSPS) is 16.9. The highest BCUT2D eigenvalue weighted by molar-refractivity contribution is 6.00. The van der Waals surface area contributed by atoms with Gasteiger partial charge in [0.05, 0.1) is 0 Å². The van der Waals surface area contributed by atoms with E-state index in [2.05, 4.69) is 27.1 Å². The van der Waals surface area contributed by atoms with Crippen LogP contribution < -0.4 is 5.32 Å². The minimum atomic E-state index is -0.305. The van der Waals surface area contributed by atoms with E-state index in [0.717, 1.165) is 18.1 Å². The Kier molecular flexibility index (Phi) is 4.41. The van der Waals surface area contributed by atoms with E-state index in [1.54, 1.807) is 29.2 Å². The number of hydrogen-bond acceptors (Lipinski definition) is 4. The maximum atomic E-state index is 12.7. The second-order valence-corrected chi connectivity index (χ2v) is 5.79. The summed E-state index contributed by atoms with van der Waals surface area (Å²) in [6.45, 7) is 6.54. The number of aryl methyl sites for hydroxylation is 1. The van der Waals surface area contributed by atoms with Crippen LogP contribution >= 0.6 is 0 Å². The van der Waals surface area contributed by atoms with Crippen LogP contribution in [0.2, 0.25) is 0 Å². The summed E-state index contributed by atoms with van der Waals surface area (Å²) in [5.41, 5.74) is 1.12. The number of H-pyrrole nitrogens is 1. The van der Waals surface area contributed by atoms with Gasteiger partial charge in [-0.05, 0) is 37.6 Å². The molecule has 1 unspecified atom stereocenters. The van der Waals surface area contributed by atoms with Crippen molar-refractivity contribution in [3.63, 3.8) is 0 Å². The van der Waals surface area contributed by atoms with E-state index < -0.39 is 0 Å². The number of nitrogens with one attached hydrogen (secondary N) is 2. The Morgan fingerprint density at radius 1 is 1.46 bits per heavy atom. The number of amides is 2. The van der Waals surface area contributed by atoms with Crippen LogP contribution in [0.5, 0.6) is 0 Å². The molecule has 1 atom stereocenters. The molecule has 2 N–H and O–H groups in total. The second kappa shape index (κ2) is 6.66.